The van der Waals surface area contributed by atoms with Crippen molar-refractivity contribution in [3.63, 3.8) is 0 Å². The van der Waals surface area contributed by atoms with E-state index in [-0.39, 0.29) is 5.91 Å². The summed E-state index contributed by atoms with van der Waals surface area (Å²) < 4.78 is 0. The van der Waals surface area contributed by atoms with E-state index in [1.54, 1.807) is 0 Å². The number of thiazole rings is 1. The average molecular weight is 308 g/mol. The van der Waals surface area contributed by atoms with Gasteiger partial charge < -0.3 is 15.5 Å². The topological polar surface area (TPSA) is 62.5 Å². The zero-order chi connectivity index (χ0) is 14.7. The van der Waals surface area contributed by atoms with E-state index in [9.17, 15) is 4.79 Å². The van der Waals surface area contributed by atoms with E-state index < -0.39 is 0 Å². The highest BCUT2D eigenvalue weighted by atomic mass is 32.1. The molecule has 2 saturated heterocycles. The van der Waals surface area contributed by atoms with Crippen molar-refractivity contribution in [3.05, 3.63) is 11.1 Å². The largest absolute Gasteiger partial charge is 0.375 e. The summed E-state index contributed by atoms with van der Waals surface area (Å²) in [6.07, 6.45) is 5.38. The first-order valence-corrected chi connectivity index (χ1v) is 8.78. The number of aromatic nitrogens is 1. The summed E-state index contributed by atoms with van der Waals surface area (Å²) in [5.74, 6) is 0.960. The Labute approximate surface area is 130 Å². The van der Waals surface area contributed by atoms with E-state index in [1.165, 1.54) is 43.8 Å². The van der Waals surface area contributed by atoms with E-state index in [1.807, 2.05) is 10.3 Å². The van der Waals surface area contributed by atoms with Gasteiger partial charge in [-0.15, -0.1) is 11.3 Å². The number of nitrogen functional groups attached to an aromatic ring is 1. The lowest BCUT2D eigenvalue weighted by molar-refractivity contribution is -0.132. The summed E-state index contributed by atoms with van der Waals surface area (Å²) >= 11 is 1.40. The van der Waals surface area contributed by atoms with Crippen LogP contribution < -0.4 is 5.73 Å². The number of carbonyl (C=O) groups is 1. The molecule has 3 heterocycles. The number of rotatable bonds is 4. The minimum absolute atomic E-state index is 0.194. The zero-order valence-electron chi connectivity index (χ0n) is 12.5. The molecule has 2 aliphatic rings. The molecule has 0 aromatic carbocycles. The van der Waals surface area contributed by atoms with Crippen molar-refractivity contribution in [1.82, 2.24) is 14.8 Å². The standard InChI is InChI=1S/C15H24N4OS/c16-15-17-13(11-21-15)9-14(20)19-7-3-12(4-8-19)10-18-5-1-2-6-18/h11-12H,1-10H2,(H2,16,17). The Morgan fingerprint density at radius 3 is 2.62 bits per heavy atom. The molecule has 1 aromatic rings. The summed E-state index contributed by atoms with van der Waals surface area (Å²) in [7, 11) is 0. The number of anilines is 1. The molecule has 21 heavy (non-hydrogen) atoms. The van der Waals surface area contributed by atoms with Crippen LogP contribution in [0.2, 0.25) is 0 Å². The van der Waals surface area contributed by atoms with Crippen molar-refractivity contribution in [3.8, 4) is 0 Å². The van der Waals surface area contributed by atoms with Crippen molar-refractivity contribution >= 4 is 22.4 Å². The molecule has 0 saturated carbocycles. The first-order valence-electron chi connectivity index (χ1n) is 7.91. The van der Waals surface area contributed by atoms with Gasteiger partial charge in [-0.3, -0.25) is 4.79 Å². The molecule has 116 valence electrons. The highest BCUT2D eigenvalue weighted by Crippen LogP contribution is 2.21. The first kappa shape index (κ1) is 14.8. The van der Waals surface area contributed by atoms with Crippen LogP contribution in [0.1, 0.15) is 31.4 Å². The van der Waals surface area contributed by atoms with Gasteiger partial charge in [0.25, 0.3) is 0 Å². The fourth-order valence-corrected chi connectivity index (χ4v) is 3.93. The molecule has 5 nitrogen and oxygen atoms in total. The number of carbonyl (C=O) groups excluding carboxylic acids is 1. The van der Waals surface area contributed by atoms with Crippen molar-refractivity contribution in [2.24, 2.45) is 5.92 Å². The smallest absolute Gasteiger partial charge is 0.228 e. The normalized spacial score (nSPS) is 21.0. The van der Waals surface area contributed by atoms with Crippen LogP contribution >= 0.6 is 11.3 Å². The molecule has 0 radical (unpaired) electrons. The maximum absolute atomic E-state index is 12.3. The Kier molecular flexibility index (Phi) is 4.75. The molecular formula is C15H24N4OS. The van der Waals surface area contributed by atoms with Gasteiger partial charge in [0.15, 0.2) is 5.13 Å². The molecule has 1 aromatic heterocycles. The van der Waals surface area contributed by atoms with Gasteiger partial charge in [-0.25, -0.2) is 4.98 Å². The molecular weight excluding hydrogens is 284 g/mol. The molecule has 1 amide bonds. The number of nitrogens with two attached hydrogens (primary N) is 1. The molecule has 2 aliphatic heterocycles. The van der Waals surface area contributed by atoms with Crippen LogP contribution in [0.4, 0.5) is 5.13 Å². The SMILES string of the molecule is Nc1nc(CC(=O)N2CCC(CN3CCCC3)CC2)cs1. The number of piperidine rings is 1. The summed E-state index contributed by atoms with van der Waals surface area (Å²) in [4.78, 5) is 21.0. The molecule has 0 atom stereocenters. The van der Waals surface area contributed by atoms with Crippen LogP contribution in [-0.4, -0.2) is 53.4 Å². The highest BCUT2D eigenvalue weighted by Gasteiger charge is 2.25. The fourth-order valence-electron chi connectivity index (χ4n) is 3.37. The van der Waals surface area contributed by atoms with Gasteiger partial charge in [-0.2, -0.15) is 0 Å². The lowest BCUT2D eigenvalue weighted by Gasteiger charge is -2.33. The third-order valence-electron chi connectivity index (χ3n) is 4.58. The second kappa shape index (κ2) is 6.75. The van der Waals surface area contributed by atoms with Gasteiger partial charge in [-0.1, -0.05) is 0 Å². The van der Waals surface area contributed by atoms with Crippen molar-refractivity contribution in [1.29, 1.82) is 0 Å². The molecule has 0 spiro atoms. The molecule has 6 heteroatoms. The molecule has 0 unspecified atom stereocenters. The Bertz CT molecular complexity index is 476. The highest BCUT2D eigenvalue weighted by molar-refractivity contribution is 7.13. The third-order valence-corrected chi connectivity index (χ3v) is 5.31. The lowest BCUT2D eigenvalue weighted by Crippen LogP contribution is -2.41. The van der Waals surface area contributed by atoms with Gasteiger partial charge in [0.2, 0.25) is 5.91 Å². The van der Waals surface area contributed by atoms with Crippen molar-refractivity contribution in [2.45, 2.75) is 32.1 Å². The number of hydrogen-bond acceptors (Lipinski definition) is 5. The van der Waals surface area contributed by atoms with Gasteiger partial charge in [0.1, 0.15) is 0 Å². The van der Waals surface area contributed by atoms with Gasteiger partial charge >= 0.3 is 0 Å². The van der Waals surface area contributed by atoms with Gasteiger partial charge in [0.05, 0.1) is 12.1 Å². The van der Waals surface area contributed by atoms with E-state index in [2.05, 4.69) is 9.88 Å². The van der Waals surface area contributed by atoms with Crippen LogP contribution in [0.15, 0.2) is 5.38 Å². The van der Waals surface area contributed by atoms with Crippen LogP contribution in [0.3, 0.4) is 0 Å². The van der Waals surface area contributed by atoms with Crippen molar-refractivity contribution in [2.75, 3.05) is 38.5 Å². The maximum Gasteiger partial charge on any atom is 0.228 e. The van der Waals surface area contributed by atoms with Crippen molar-refractivity contribution < 1.29 is 4.79 Å². The number of amides is 1. The summed E-state index contributed by atoms with van der Waals surface area (Å²) in [5.41, 5.74) is 6.41. The number of nitrogens with zero attached hydrogens (tertiary/aromatic N) is 3. The molecule has 2 fully saturated rings. The molecule has 3 rings (SSSR count). The number of likely N-dealkylation sites (tertiary alicyclic amines) is 2. The monoisotopic (exact) mass is 308 g/mol. The second-order valence-corrected chi connectivity index (χ2v) is 7.08. The first-order chi connectivity index (χ1) is 10.2. The summed E-state index contributed by atoms with van der Waals surface area (Å²) in [6, 6.07) is 0. The predicted molar refractivity (Wildman–Crippen MR) is 85.2 cm³/mol. The Balaban J connectivity index is 1.43. The minimum atomic E-state index is 0.194. The maximum atomic E-state index is 12.3. The third kappa shape index (κ3) is 3.95. The fraction of sp³-hybridized carbons (Fsp3) is 0.733. The zero-order valence-corrected chi connectivity index (χ0v) is 13.3. The van der Waals surface area contributed by atoms with Gasteiger partial charge in [0, 0.05) is 25.0 Å². The average Bonchev–Trinajstić information content (AvgIpc) is 3.12. The van der Waals surface area contributed by atoms with Gasteiger partial charge in [-0.05, 0) is 44.7 Å². The summed E-state index contributed by atoms with van der Waals surface area (Å²) in [5, 5.41) is 2.43. The molecule has 2 N–H and O–H groups in total. The molecule has 0 bridgehead atoms. The Hall–Kier alpha value is -1.14. The van der Waals surface area contributed by atoms with E-state index in [0.717, 1.165) is 37.5 Å². The van der Waals surface area contributed by atoms with Crippen LogP contribution in [0, 0.1) is 5.92 Å². The Morgan fingerprint density at radius 1 is 1.29 bits per heavy atom. The lowest BCUT2D eigenvalue weighted by atomic mass is 9.96. The van der Waals surface area contributed by atoms with Crippen LogP contribution in [0.5, 0.6) is 0 Å². The summed E-state index contributed by atoms with van der Waals surface area (Å²) in [6.45, 7) is 5.56. The van der Waals surface area contributed by atoms with E-state index in [4.69, 9.17) is 5.73 Å². The second-order valence-electron chi connectivity index (χ2n) is 6.19. The van der Waals surface area contributed by atoms with Crippen LogP contribution in [0.25, 0.3) is 0 Å². The quantitative estimate of drug-likeness (QED) is 0.918. The van der Waals surface area contributed by atoms with E-state index >= 15 is 0 Å². The molecule has 0 aliphatic carbocycles. The number of hydrogen-bond donors (Lipinski definition) is 1. The van der Waals surface area contributed by atoms with Crippen LogP contribution in [-0.2, 0) is 11.2 Å². The predicted octanol–water partition coefficient (Wildman–Crippen LogP) is 1.60. The Morgan fingerprint density at radius 2 is 2.00 bits per heavy atom. The minimum Gasteiger partial charge on any atom is -0.375 e. The van der Waals surface area contributed by atoms with E-state index in [0.29, 0.717) is 11.6 Å².